The van der Waals surface area contributed by atoms with Crippen molar-refractivity contribution in [3.8, 4) is 0 Å². The molecule has 2 aromatic carbocycles. The number of dihydropyridines is 1. The van der Waals surface area contributed by atoms with Gasteiger partial charge in [-0.2, -0.15) is 0 Å². The van der Waals surface area contributed by atoms with Gasteiger partial charge in [-0.25, -0.2) is 0 Å². The Balaban J connectivity index is 2.29. The Morgan fingerprint density at radius 1 is 0.905 bits per heavy atom. The molecule has 3 N–H and O–H groups in total. The molecule has 0 aromatic heterocycles. The van der Waals surface area contributed by atoms with Crippen molar-refractivity contribution < 1.29 is 4.79 Å². The van der Waals surface area contributed by atoms with Crippen molar-refractivity contribution >= 4 is 5.91 Å². The monoisotopic (exact) mass is 276 g/mol. The lowest BCUT2D eigenvalue weighted by molar-refractivity contribution is -0.115. The van der Waals surface area contributed by atoms with Crippen LogP contribution in [-0.2, 0) is 10.3 Å². The zero-order chi connectivity index (χ0) is 14.7. The molecule has 0 atom stereocenters. The van der Waals surface area contributed by atoms with E-state index in [1.54, 1.807) is 12.2 Å². The van der Waals surface area contributed by atoms with Crippen LogP contribution in [-0.4, -0.2) is 5.91 Å². The second kappa shape index (κ2) is 5.29. The molecule has 0 saturated heterocycles. The topological polar surface area (TPSA) is 55.1 Å². The Bertz CT molecular complexity index is 663. The molecule has 3 rings (SSSR count). The van der Waals surface area contributed by atoms with E-state index in [0.29, 0.717) is 5.57 Å². The molecule has 0 aliphatic carbocycles. The Kier molecular flexibility index (Phi) is 3.32. The summed E-state index contributed by atoms with van der Waals surface area (Å²) in [7, 11) is 0. The molecule has 1 aliphatic rings. The van der Waals surface area contributed by atoms with Crippen molar-refractivity contribution in [1.82, 2.24) is 5.32 Å². The van der Waals surface area contributed by atoms with Gasteiger partial charge in [-0.05, 0) is 29.5 Å². The van der Waals surface area contributed by atoms with Gasteiger partial charge < -0.3 is 11.1 Å². The van der Waals surface area contributed by atoms with Gasteiger partial charge in [0.15, 0.2) is 0 Å². The van der Waals surface area contributed by atoms with Gasteiger partial charge in [-0.15, -0.1) is 0 Å². The van der Waals surface area contributed by atoms with Crippen molar-refractivity contribution in [2.45, 2.75) is 5.54 Å². The molecule has 1 heterocycles. The maximum Gasteiger partial charge on any atom is 0.247 e. The summed E-state index contributed by atoms with van der Waals surface area (Å²) in [6.07, 6.45) is 5.41. The number of hydrogen-bond acceptors (Lipinski definition) is 2. The predicted octanol–water partition coefficient (Wildman–Crippen LogP) is 2.46. The van der Waals surface area contributed by atoms with E-state index in [-0.39, 0.29) is 0 Å². The van der Waals surface area contributed by atoms with Crippen LogP contribution in [0.3, 0.4) is 0 Å². The summed E-state index contributed by atoms with van der Waals surface area (Å²) in [5.74, 6) is -0.431. The lowest BCUT2D eigenvalue weighted by Crippen LogP contribution is -2.47. The first-order valence-electron chi connectivity index (χ1n) is 6.81. The van der Waals surface area contributed by atoms with Gasteiger partial charge in [-0.3, -0.25) is 4.79 Å². The quantitative estimate of drug-likeness (QED) is 0.904. The Labute approximate surface area is 123 Å². The average Bonchev–Trinajstić information content (AvgIpc) is 2.56. The zero-order valence-electron chi connectivity index (χ0n) is 11.5. The van der Waals surface area contributed by atoms with Gasteiger partial charge in [0.05, 0.1) is 5.57 Å². The molecule has 0 radical (unpaired) electrons. The molecule has 2 aromatic rings. The summed E-state index contributed by atoms with van der Waals surface area (Å²) >= 11 is 0. The van der Waals surface area contributed by atoms with Crippen LogP contribution in [0.1, 0.15) is 11.1 Å². The van der Waals surface area contributed by atoms with E-state index in [4.69, 9.17) is 5.73 Å². The number of amides is 1. The SMILES string of the molecule is NC(=O)C1=CC=CNC1(c1ccccc1)c1ccccc1. The predicted molar refractivity (Wildman–Crippen MR) is 83.2 cm³/mol. The number of nitrogens with two attached hydrogens (primary N) is 1. The smallest absolute Gasteiger partial charge is 0.247 e. The van der Waals surface area contributed by atoms with E-state index in [2.05, 4.69) is 5.32 Å². The fourth-order valence-corrected chi connectivity index (χ4v) is 2.81. The first-order chi connectivity index (χ1) is 10.2. The summed E-state index contributed by atoms with van der Waals surface area (Å²) in [6.45, 7) is 0. The summed E-state index contributed by atoms with van der Waals surface area (Å²) < 4.78 is 0. The van der Waals surface area contributed by atoms with Crippen LogP contribution < -0.4 is 11.1 Å². The van der Waals surface area contributed by atoms with Gasteiger partial charge in [0.25, 0.3) is 0 Å². The fourth-order valence-electron chi connectivity index (χ4n) is 2.81. The van der Waals surface area contributed by atoms with Crippen LogP contribution in [0.2, 0.25) is 0 Å². The third-order valence-electron chi connectivity index (χ3n) is 3.74. The molecule has 0 unspecified atom stereocenters. The number of benzene rings is 2. The van der Waals surface area contributed by atoms with Crippen molar-refractivity contribution in [1.29, 1.82) is 0 Å². The summed E-state index contributed by atoms with van der Waals surface area (Å²) in [5, 5.41) is 3.35. The first kappa shape index (κ1) is 13.2. The number of primary amides is 1. The molecule has 1 aliphatic heterocycles. The van der Waals surface area contributed by atoms with Crippen molar-refractivity contribution in [3.05, 3.63) is 95.7 Å². The molecule has 0 spiro atoms. The minimum Gasteiger partial charge on any atom is -0.374 e. The second-order valence-corrected chi connectivity index (χ2v) is 4.93. The maximum absolute atomic E-state index is 12.0. The second-order valence-electron chi connectivity index (χ2n) is 4.93. The Morgan fingerprint density at radius 2 is 1.43 bits per heavy atom. The molecular formula is C18H16N2O. The van der Waals surface area contributed by atoms with Crippen LogP contribution in [0, 0.1) is 0 Å². The van der Waals surface area contributed by atoms with Crippen LogP contribution in [0.25, 0.3) is 0 Å². The van der Waals surface area contributed by atoms with E-state index in [1.165, 1.54) is 0 Å². The van der Waals surface area contributed by atoms with Gasteiger partial charge in [-0.1, -0.05) is 60.7 Å². The third-order valence-corrected chi connectivity index (χ3v) is 3.74. The number of carbonyl (C=O) groups excluding carboxylic acids is 1. The highest BCUT2D eigenvalue weighted by molar-refractivity contribution is 5.96. The summed E-state index contributed by atoms with van der Waals surface area (Å²) in [6, 6.07) is 19.7. The molecule has 3 nitrogen and oxygen atoms in total. The summed E-state index contributed by atoms with van der Waals surface area (Å²) in [5.41, 5.74) is 7.37. The lowest BCUT2D eigenvalue weighted by atomic mass is 9.75. The maximum atomic E-state index is 12.0. The van der Waals surface area contributed by atoms with Gasteiger partial charge in [0, 0.05) is 0 Å². The number of rotatable bonds is 3. The van der Waals surface area contributed by atoms with E-state index < -0.39 is 11.4 Å². The largest absolute Gasteiger partial charge is 0.374 e. The van der Waals surface area contributed by atoms with Crippen molar-refractivity contribution in [2.24, 2.45) is 5.73 Å². The molecule has 21 heavy (non-hydrogen) atoms. The number of allylic oxidation sites excluding steroid dienone is 2. The lowest BCUT2D eigenvalue weighted by Gasteiger charge is -2.38. The van der Waals surface area contributed by atoms with Crippen LogP contribution in [0.5, 0.6) is 0 Å². The Morgan fingerprint density at radius 3 is 1.90 bits per heavy atom. The van der Waals surface area contributed by atoms with Gasteiger partial charge >= 0.3 is 0 Å². The van der Waals surface area contributed by atoms with Crippen LogP contribution in [0.15, 0.2) is 84.6 Å². The number of nitrogens with one attached hydrogen (secondary N) is 1. The summed E-state index contributed by atoms with van der Waals surface area (Å²) in [4.78, 5) is 12.0. The standard InChI is InChI=1S/C18H16N2O/c19-17(21)16-12-7-13-20-18(16,14-8-3-1-4-9-14)15-10-5-2-6-11-15/h1-13,20H,(H2,19,21). The van der Waals surface area contributed by atoms with E-state index in [0.717, 1.165) is 11.1 Å². The minimum atomic E-state index is -0.747. The van der Waals surface area contributed by atoms with E-state index in [9.17, 15) is 4.79 Å². The zero-order valence-corrected chi connectivity index (χ0v) is 11.5. The van der Waals surface area contributed by atoms with Gasteiger partial charge in [0.2, 0.25) is 5.91 Å². The molecule has 0 fully saturated rings. The van der Waals surface area contributed by atoms with Crippen LogP contribution >= 0.6 is 0 Å². The van der Waals surface area contributed by atoms with E-state index >= 15 is 0 Å². The average molecular weight is 276 g/mol. The van der Waals surface area contributed by atoms with Crippen LogP contribution in [0.4, 0.5) is 0 Å². The normalized spacial score (nSPS) is 15.9. The van der Waals surface area contributed by atoms with Gasteiger partial charge in [0.1, 0.15) is 5.54 Å². The Hall–Kier alpha value is -2.81. The fraction of sp³-hybridized carbons (Fsp3) is 0.0556. The number of hydrogen-bond donors (Lipinski definition) is 2. The highest BCUT2D eigenvalue weighted by Crippen LogP contribution is 2.38. The van der Waals surface area contributed by atoms with E-state index in [1.807, 2.05) is 66.9 Å². The molecule has 104 valence electrons. The third kappa shape index (κ3) is 2.13. The molecular weight excluding hydrogens is 260 g/mol. The highest BCUT2D eigenvalue weighted by Gasteiger charge is 2.40. The molecule has 0 bridgehead atoms. The molecule has 0 saturated carbocycles. The molecule has 3 heteroatoms. The number of carbonyl (C=O) groups is 1. The first-order valence-corrected chi connectivity index (χ1v) is 6.81. The minimum absolute atomic E-state index is 0.431. The highest BCUT2D eigenvalue weighted by atomic mass is 16.1. The van der Waals surface area contributed by atoms with Crippen molar-refractivity contribution in [3.63, 3.8) is 0 Å². The van der Waals surface area contributed by atoms with Crippen molar-refractivity contribution in [2.75, 3.05) is 0 Å². The molecule has 1 amide bonds.